The number of rotatable bonds is 2. The van der Waals surface area contributed by atoms with Gasteiger partial charge in [-0.05, 0) is 31.4 Å². The number of aromatic nitrogens is 1. The highest BCUT2D eigenvalue weighted by atomic mass is 16.7. The van der Waals surface area contributed by atoms with Gasteiger partial charge in [-0.25, -0.2) is 0 Å². The summed E-state index contributed by atoms with van der Waals surface area (Å²) in [6.45, 7) is 4.68. The molecule has 1 aromatic carbocycles. The third-order valence-electron chi connectivity index (χ3n) is 3.13. The van der Waals surface area contributed by atoms with Crippen LogP contribution in [0.2, 0.25) is 0 Å². The topological polar surface area (TPSA) is 31.4 Å². The summed E-state index contributed by atoms with van der Waals surface area (Å²) < 4.78 is 11.6. The van der Waals surface area contributed by atoms with Crippen molar-refractivity contribution in [1.82, 2.24) is 4.98 Å². The molecule has 2 heterocycles. The molecule has 96 valence electrons. The van der Waals surface area contributed by atoms with Gasteiger partial charge in [-0.1, -0.05) is 30.3 Å². The van der Waals surface area contributed by atoms with E-state index >= 15 is 0 Å². The molecule has 3 nitrogen and oxygen atoms in total. The first kappa shape index (κ1) is 12.4. The van der Waals surface area contributed by atoms with Crippen LogP contribution >= 0.6 is 0 Å². The number of pyridine rings is 1. The van der Waals surface area contributed by atoms with Gasteiger partial charge in [-0.15, -0.1) is 0 Å². The van der Waals surface area contributed by atoms with Gasteiger partial charge in [0.2, 0.25) is 0 Å². The Balaban J connectivity index is 1.89. The van der Waals surface area contributed by atoms with E-state index in [0.29, 0.717) is 6.61 Å². The van der Waals surface area contributed by atoms with Gasteiger partial charge in [0.25, 0.3) is 0 Å². The number of nitrogens with zero attached hydrogens (tertiary/aromatic N) is 1. The summed E-state index contributed by atoms with van der Waals surface area (Å²) in [6.07, 6.45) is 1.80. The average molecular weight is 253 g/mol. The Morgan fingerprint density at radius 2 is 1.95 bits per heavy atom. The van der Waals surface area contributed by atoms with Crippen molar-refractivity contribution in [3.05, 3.63) is 48.7 Å². The molecule has 1 aliphatic rings. The zero-order valence-corrected chi connectivity index (χ0v) is 11.2. The van der Waals surface area contributed by atoms with E-state index in [9.17, 15) is 0 Å². The summed E-state index contributed by atoms with van der Waals surface area (Å²) in [6, 6.07) is 14.1. The van der Waals surface area contributed by atoms with Crippen LogP contribution in [0.15, 0.2) is 48.7 Å². The van der Waals surface area contributed by atoms with Gasteiger partial charge >= 0.3 is 7.12 Å². The Labute approximate surface area is 113 Å². The van der Waals surface area contributed by atoms with Crippen LogP contribution in [0.1, 0.15) is 13.8 Å². The monoisotopic (exact) mass is 253 g/mol. The molecule has 2 aromatic rings. The minimum Gasteiger partial charge on any atom is -0.404 e. The second-order valence-corrected chi connectivity index (χ2v) is 5.36. The third kappa shape index (κ3) is 2.70. The Hall–Kier alpha value is -1.65. The van der Waals surface area contributed by atoms with Gasteiger partial charge in [0.05, 0.1) is 17.9 Å². The zero-order valence-electron chi connectivity index (χ0n) is 11.2. The Morgan fingerprint density at radius 3 is 2.63 bits per heavy atom. The molecular formula is C15H16BNO2. The molecule has 0 N–H and O–H groups in total. The summed E-state index contributed by atoms with van der Waals surface area (Å²) in [4.78, 5) is 4.41. The first-order valence-corrected chi connectivity index (χ1v) is 6.45. The second kappa shape index (κ2) is 4.80. The van der Waals surface area contributed by atoms with E-state index < -0.39 is 0 Å². The summed E-state index contributed by atoms with van der Waals surface area (Å²) in [5.41, 5.74) is 2.83. The quantitative estimate of drug-likeness (QED) is 0.769. The Bertz CT molecular complexity index is 571. The van der Waals surface area contributed by atoms with Crippen LogP contribution in [0.25, 0.3) is 11.3 Å². The molecule has 0 amide bonds. The van der Waals surface area contributed by atoms with Crippen molar-refractivity contribution in [3.8, 4) is 11.3 Å². The van der Waals surface area contributed by atoms with Gasteiger partial charge in [0.15, 0.2) is 0 Å². The first-order chi connectivity index (χ1) is 9.14. The van der Waals surface area contributed by atoms with Gasteiger partial charge in [0.1, 0.15) is 0 Å². The maximum atomic E-state index is 5.88. The van der Waals surface area contributed by atoms with Crippen molar-refractivity contribution in [2.45, 2.75) is 19.4 Å². The van der Waals surface area contributed by atoms with E-state index in [0.717, 1.165) is 16.7 Å². The lowest BCUT2D eigenvalue weighted by molar-refractivity contribution is 0.137. The Morgan fingerprint density at radius 1 is 1.16 bits per heavy atom. The van der Waals surface area contributed by atoms with Crippen LogP contribution in [0.5, 0.6) is 0 Å². The molecule has 1 saturated heterocycles. The first-order valence-electron chi connectivity index (χ1n) is 6.45. The molecule has 0 spiro atoms. The smallest absolute Gasteiger partial charge is 0.404 e. The SMILES string of the molecule is CC1(C)COB(c2ccnc(-c3ccccc3)c2)O1. The fraction of sp³-hybridized carbons (Fsp3) is 0.267. The van der Waals surface area contributed by atoms with Crippen molar-refractivity contribution >= 4 is 12.6 Å². The van der Waals surface area contributed by atoms with E-state index in [-0.39, 0.29) is 12.7 Å². The number of hydrogen-bond acceptors (Lipinski definition) is 3. The van der Waals surface area contributed by atoms with Crippen LogP contribution < -0.4 is 5.46 Å². The van der Waals surface area contributed by atoms with E-state index in [2.05, 4.69) is 4.98 Å². The summed E-state index contributed by atoms with van der Waals surface area (Å²) in [7, 11) is -0.291. The van der Waals surface area contributed by atoms with Crippen LogP contribution in [0.3, 0.4) is 0 Å². The summed E-state index contributed by atoms with van der Waals surface area (Å²) >= 11 is 0. The Kier molecular flexibility index (Phi) is 3.13. The largest absolute Gasteiger partial charge is 0.494 e. The molecule has 3 rings (SSSR count). The predicted molar refractivity (Wildman–Crippen MR) is 76.2 cm³/mol. The number of benzene rings is 1. The summed E-state index contributed by atoms with van der Waals surface area (Å²) in [5, 5.41) is 0. The normalized spacial score (nSPS) is 17.7. The standard InChI is InChI=1S/C15H16BNO2/c1-15(2)11-18-16(19-15)13-8-9-17-14(10-13)12-6-4-3-5-7-12/h3-10H,11H2,1-2H3. The molecule has 1 aliphatic heterocycles. The van der Waals surface area contributed by atoms with Gasteiger partial charge in [-0.3, -0.25) is 4.98 Å². The second-order valence-electron chi connectivity index (χ2n) is 5.36. The molecule has 0 unspecified atom stereocenters. The van der Waals surface area contributed by atoms with E-state index in [1.165, 1.54) is 0 Å². The van der Waals surface area contributed by atoms with Crippen LogP contribution in [0, 0.1) is 0 Å². The van der Waals surface area contributed by atoms with Gasteiger partial charge in [0, 0.05) is 11.8 Å². The van der Waals surface area contributed by atoms with Crippen molar-refractivity contribution in [3.63, 3.8) is 0 Å². The minimum absolute atomic E-state index is 0.221. The van der Waals surface area contributed by atoms with Gasteiger partial charge in [-0.2, -0.15) is 0 Å². The lowest BCUT2D eigenvalue weighted by atomic mass is 9.79. The summed E-state index contributed by atoms with van der Waals surface area (Å²) in [5.74, 6) is 0. The predicted octanol–water partition coefficient (Wildman–Crippen LogP) is 2.27. The van der Waals surface area contributed by atoms with Crippen LogP contribution in [0.4, 0.5) is 0 Å². The van der Waals surface area contributed by atoms with Crippen molar-refractivity contribution in [1.29, 1.82) is 0 Å². The molecular weight excluding hydrogens is 237 g/mol. The van der Waals surface area contributed by atoms with Gasteiger partial charge < -0.3 is 9.31 Å². The maximum Gasteiger partial charge on any atom is 0.494 e. The van der Waals surface area contributed by atoms with E-state index in [1.807, 2.05) is 56.3 Å². The van der Waals surface area contributed by atoms with Crippen LogP contribution in [-0.4, -0.2) is 24.3 Å². The third-order valence-corrected chi connectivity index (χ3v) is 3.13. The maximum absolute atomic E-state index is 5.88. The molecule has 0 saturated carbocycles. The fourth-order valence-corrected chi connectivity index (χ4v) is 2.16. The molecule has 4 heteroatoms. The van der Waals surface area contributed by atoms with Crippen molar-refractivity contribution in [2.24, 2.45) is 0 Å². The highest BCUT2D eigenvalue weighted by molar-refractivity contribution is 6.62. The average Bonchev–Trinajstić information content (AvgIpc) is 2.80. The fourth-order valence-electron chi connectivity index (χ4n) is 2.16. The highest BCUT2D eigenvalue weighted by Gasteiger charge is 2.38. The molecule has 1 fully saturated rings. The van der Waals surface area contributed by atoms with E-state index in [1.54, 1.807) is 6.20 Å². The lowest BCUT2D eigenvalue weighted by Crippen LogP contribution is -2.34. The highest BCUT2D eigenvalue weighted by Crippen LogP contribution is 2.21. The minimum atomic E-state index is -0.291. The molecule has 1 aromatic heterocycles. The number of hydrogen-bond donors (Lipinski definition) is 0. The molecule has 19 heavy (non-hydrogen) atoms. The van der Waals surface area contributed by atoms with Crippen molar-refractivity contribution in [2.75, 3.05) is 6.61 Å². The van der Waals surface area contributed by atoms with E-state index in [4.69, 9.17) is 9.31 Å². The molecule has 0 bridgehead atoms. The van der Waals surface area contributed by atoms with Crippen molar-refractivity contribution < 1.29 is 9.31 Å². The van der Waals surface area contributed by atoms with Crippen LogP contribution in [-0.2, 0) is 9.31 Å². The lowest BCUT2D eigenvalue weighted by Gasteiger charge is -2.15. The molecule has 0 atom stereocenters. The molecule has 0 aliphatic carbocycles. The zero-order chi connectivity index (χ0) is 13.3. The molecule has 0 radical (unpaired) electrons.